The van der Waals surface area contributed by atoms with Crippen molar-refractivity contribution in [2.45, 2.75) is 6.54 Å². The number of hydrogen-bond donors (Lipinski definition) is 1. The fourth-order valence-electron chi connectivity index (χ4n) is 2.55. The van der Waals surface area contributed by atoms with Gasteiger partial charge in [0.1, 0.15) is 0 Å². The van der Waals surface area contributed by atoms with Crippen LogP contribution in [0.4, 0.5) is 0 Å². The zero-order chi connectivity index (χ0) is 15.1. The van der Waals surface area contributed by atoms with Gasteiger partial charge in [-0.1, -0.05) is 54.1 Å². The van der Waals surface area contributed by atoms with E-state index in [4.69, 9.17) is 17.0 Å². The minimum atomic E-state index is 0.277. The summed E-state index contributed by atoms with van der Waals surface area (Å²) in [6.07, 6.45) is 0. The first kappa shape index (κ1) is 13.0. The van der Waals surface area contributed by atoms with E-state index in [0.29, 0.717) is 17.3 Å². The van der Waals surface area contributed by atoms with Crippen molar-refractivity contribution < 1.29 is 0 Å². The maximum Gasteiger partial charge on any atom is 0.225 e. The largest absolute Gasteiger partial charge is 0.267 e. The quantitative estimate of drug-likeness (QED) is 0.619. The molecule has 2 aromatic heterocycles. The van der Waals surface area contributed by atoms with Gasteiger partial charge in [-0.15, -0.1) is 5.10 Å². The first-order chi connectivity index (χ1) is 10.7. The molecule has 2 aromatic carbocycles. The second-order valence-corrected chi connectivity index (χ2v) is 5.38. The number of nitrogens with one attached hydrogen (secondary N) is 1. The highest BCUT2D eigenvalue weighted by atomic mass is 35.5. The van der Waals surface area contributed by atoms with Crippen molar-refractivity contribution in [2.75, 3.05) is 0 Å². The molecule has 5 nitrogen and oxygen atoms in total. The highest BCUT2D eigenvalue weighted by Gasteiger charge is 2.12. The molecule has 0 fully saturated rings. The van der Waals surface area contributed by atoms with Gasteiger partial charge in [0.05, 0.1) is 17.6 Å². The Kier molecular flexibility index (Phi) is 2.94. The summed E-state index contributed by atoms with van der Waals surface area (Å²) >= 11 is 6.23. The summed E-state index contributed by atoms with van der Waals surface area (Å²) in [5.74, 6) is 0. The normalized spacial score (nSPS) is 11.3. The van der Waals surface area contributed by atoms with Gasteiger partial charge in [-0.2, -0.15) is 0 Å². The maximum absolute atomic E-state index is 8.42. The van der Waals surface area contributed by atoms with Crippen molar-refractivity contribution in [1.29, 1.82) is 5.41 Å². The van der Waals surface area contributed by atoms with Gasteiger partial charge >= 0.3 is 0 Å². The van der Waals surface area contributed by atoms with E-state index >= 15 is 0 Å². The molecular formula is C16H12ClN5. The van der Waals surface area contributed by atoms with Gasteiger partial charge in [-0.3, -0.25) is 9.81 Å². The molecule has 4 aromatic rings. The van der Waals surface area contributed by atoms with Gasteiger partial charge in [-0.05, 0) is 17.7 Å². The summed E-state index contributed by atoms with van der Waals surface area (Å²) in [4.78, 5) is 4.35. The number of halogens is 1. The number of fused-ring (bicyclic) bond motifs is 3. The van der Waals surface area contributed by atoms with E-state index in [1.54, 1.807) is 9.08 Å². The van der Waals surface area contributed by atoms with Gasteiger partial charge in [0.2, 0.25) is 5.62 Å². The highest BCUT2D eigenvalue weighted by Crippen LogP contribution is 2.18. The van der Waals surface area contributed by atoms with Crippen LogP contribution in [0.2, 0.25) is 5.15 Å². The van der Waals surface area contributed by atoms with E-state index in [-0.39, 0.29) is 5.62 Å². The van der Waals surface area contributed by atoms with Crippen LogP contribution in [0, 0.1) is 5.41 Å². The molecule has 4 rings (SSSR count). The Morgan fingerprint density at radius 3 is 2.55 bits per heavy atom. The maximum atomic E-state index is 8.42. The number of aromatic nitrogens is 4. The predicted octanol–water partition coefficient (Wildman–Crippen LogP) is 2.87. The van der Waals surface area contributed by atoms with Crippen molar-refractivity contribution in [1.82, 2.24) is 19.2 Å². The summed E-state index contributed by atoms with van der Waals surface area (Å²) in [6, 6.07) is 17.5. The summed E-state index contributed by atoms with van der Waals surface area (Å²) in [5, 5.41) is 13.2. The van der Waals surface area contributed by atoms with Crippen LogP contribution in [0.3, 0.4) is 0 Å². The lowest BCUT2D eigenvalue weighted by molar-refractivity contribution is 0.636. The number of rotatable bonds is 2. The van der Waals surface area contributed by atoms with Gasteiger partial charge in [0, 0.05) is 0 Å². The first-order valence-corrected chi connectivity index (χ1v) is 7.24. The van der Waals surface area contributed by atoms with Crippen LogP contribution >= 0.6 is 11.6 Å². The van der Waals surface area contributed by atoms with E-state index in [1.165, 1.54) is 0 Å². The lowest BCUT2D eigenvalue weighted by Crippen LogP contribution is -2.22. The fourth-order valence-corrected chi connectivity index (χ4v) is 2.77. The van der Waals surface area contributed by atoms with E-state index < -0.39 is 0 Å². The van der Waals surface area contributed by atoms with Crippen molar-refractivity contribution in [2.24, 2.45) is 0 Å². The van der Waals surface area contributed by atoms with E-state index in [0.717, 1.165) is 16.6 Å². The van der Waals surface area contributed by atoms with Crippen LogP contribution < -0.4 is 5.62 Å². The van der Waals surface area contributed by atoms with Crippen LogP contribution in [0.5, 0.6) is 0 Å². The zero-order valence-corrected chi connectivity index (χ0v) is 12.3. The van der Waals surface area contributed by atoms with Crippen LogP contribution in [0.25, 0.3) is 16.7 Å². The van der Waals surface area contributed by atoms with Crippen LogP contribution in [0.1, 0.15) is 5.56 Å². The summed E-state index contributed by atoms with van der Waals surface area (Å²) in [6.45, 7) is 0.520. The Morgan fingerprint density at radius 1 is 1.00 bits per heavy atom. The average Bonchev–Trinajstić information content (AvgIpc) is 2.87. The first-order valence-electron chi connectivity index (χ1n) is 6.86. The minimum Gasteiger partial charge on any atom is -0.267 e. The van der Waals surface area contributed by atoms with Gasteiger partial charge in [-0.25, -0.2) is 9.67 Å². The molecule has 0 atom stereocenters. The van der Waals surface area contributed by atoms with E-state index in [1.807, 2.05) is 54.6 Å². The molecule has 0 aliphatic heterocycles. The van der Waals surface area contributed by atoms with Gasteiger partial charge < -0.3 is 0 Å². The summed E-state index contributed by atoms with van der Waals surface area (Å²) < 4.78 is 3.36. The van der Waals surface area contributed by atoms with Gasteiger partial charge in [0.25, 0.3) is 0 Å². The molecule has 2 heterocycles. The molecular weight excluding hydrogens is 298 g/mol. The SMILES string of the molecule is N=c1n(Cc2ccccc2)nc2c(Cl)nc3ccccc3n12. The van der Waals surface area contributed by atoms with Crippen molar-refractivity contribution in [3.8, 4) is 0 Å². The van der Waals surface area contributed by atoms with E-state index in [9.17, 15) is 0 Å². The molecule has 0 radical (unpaired) electrons. The molecule has 6 heteroatoms. The summed E-state index contributed by atoms with van der Waals surface area (Å²) in [5.41, 5.74) is 3.43. The molecule has 0 saturated heterocycles. The molecule has 0 bridgehead atoms. The third kappa shape index (κ3) is 1.98. The Balaban J connectivity index is 1.99. The van der Waals surface area contributed by atoms with Crippen molar-refractivity contribution in [3.63, 3.8) is 0 Å². The molecule has 0 saturated carbocycles. The lowest BCUT2D eigenvalue weighted by atomic mass is 10.2. The second-order valence-electron chi connectivity index (χ2n) is 5.02. The third-order valence-electron chi connectivity index (χ3n) is 3.58. The Hall–Kier alpha value is -2.66. The van der Waals surface area contributed by atoms with Crippen LogP contribution in [-0.2, 0) is 6.54 Å². The van der Waals surface area contributed by atoms with E-state index in [2.05, 4.69) is 10.1 Å². The Morgan fingerprint density at radius 2 is 1.73 bits per heavy atom. The molecule has 0 unspecified atom stereocenters. The number of nitrogens with zero attached hydrogens (tertiary/aromatic N) is 4. The van der Waals surface area contributed by atoms with Crippen molar-refractivity contribution in [3.05, 3.63) is 70.9 Å². The topological polar surface area (TPSA) is 59.0 Å². The molecule has 0 spiro atoms. The fraction of sp³-hybridized carbons (Fsp3) is 0.0625. The number of para-hydroxylation sites is 2. The molecule has 108 valence electrons. The zero-order valence-electron chi connectivity index (χ0n) is 11.6. The predicted molar refractivity (Wildman–Crippen MR) is 84.9 cm³/mol. The second kappa shape index (κ2) is 4.96. The third-order valence-corrected chi connectivity index (χ3v) is 3.84. The Bertz CT molecular complexity index is 1030. The molecule has 0 aliphatic rings. The molecule has 0 aliphatic carbocycles. The summed E-state index contributed by atoms with van der Waals surface area (Å²) in [7, 11) is 0. The van der Waals surface area contributed by atoms with Gasteiger partial charge in [0.15, 0.2) is 10.8 Å². The minimum absolute atomic E-state index is 0.277. The van der Waals surface area contributed by atoms with Crippen LogP contribution in [0.15, 0.2) is 54.6 Å². The molecule has 1 N–H and O–H groups in total. The molecule has 22 heavy (non-hydrogen) atoms. The molecule has 0 amide bonds. The highest BCUT2D eigenvalue weighted by molar-refractivity contribution is 6.32. The Labute approximate surface area is 130 Å². The standard InChI is InChI=1S/C16H12ClN5/c17-14-15-20-21(10-11-6-2-1-3-7-11)16(18)22(15)13-9-5-4-8-12(13)19-14/h1-9,18H,10H2. The smallest absolute Gasteiger partial charge is 0.225 e. The lowest BCUT2D eigenvalue weighted by Gasteiger charge is -2.01. The number of benzene rings is 2. The number of hydrogen-bond acceptors (Lipinski definition) is 3. The average molecular weight is 310 g/mol. The van der Waals surface area contributed by atoms with Crippen LogP contribution in [-0.4, -0.2) is 19.2 Å². The van der Waals surface area contributed by atoms with Crippen molar-refractivity contribution >= 4 is 28.3 Å². The monoisotopic (exact) mass is 309 g/mol.